The van der Waals surface area contributed by atoms with Crippen LogP contribution in [-0.4, -0.2) is 42.5 Å². The monoisotopic (exact) mass is 401 g/mol. The fourth-order valence-electron chi connectivity index (χ4n) is 2.93. The molecule has 0 fully saturated rings. The second-order valence-corrected chi connectivity index (χ2v) is 7.85. The van der Waals surface area contributed by atoms with Gasteiger partial charge in [0.15, 0.2) is 10.8 Å². The molecule has 7 nitrogen and oxygen atoms in total. The van der Waals surface area contributed by atoms with Crippen LogP contribution < -0.4 is 0 Å². The Morgan fingerprint density at radius 1 is 1.29 bits per heavy atom. The van der Waals surface area contributed by atoms with Gasteiger partial charge in [0, 0.05) is 31.3 Å². The summed E-state index contributed by atoms with van der Waals surface area (Å²) in [5.41, 5.74) is 2.28. The SMILES string of the molecule is CCN(C(=O)OC(C)(C)C)C(C)c1ccnc(-c2cn3ccnc3c(Cl)n2)c1. The van der Waals surface area contributed by atoms with Crippen LogP contribution in [0.4, 0.5) is 4.79 Å². The van der Waals surface area contributed by atoms with Crippen LogP contribution in [0, 0.1) is 0 Å². The summed E-state index contributed by atoms with van der Waals surface area (Å²) in [5, 5.41) is 0.312. The lowest BCUT2D eigenvalue weighted by molar-refractivity contribution is 0.0186. The van der Waals surface area contributed by atoms with Crippen molar-refractivity contribution in [1.29, 1.82) is 0 Å². The zero-order valence-corrected chi connectivity index (χ0v) is 17.4. The minimum Gasteiger partial charge on any atom is -0.444 e. The first-order chi connectivity index (χ1) is 13.2. The summed E-state index contributed by atoms with van der Waals surface area (Å²) in [5.74, 6) is 0. The largest absolute Gasteiger partial charge is 0.444 e. The molecule has 1 amide bonds. The third-order valence-electron chi connectivity index (χ3n) is 4.30. The molecular weight excluding hydrogens is 378 g/mol. The first-order valence-corrected chi connectivity index (χ1v) is 9.52. The number of hydrogen-bond acceptors (Lipinski definition) is 5. The Balaban J connectivity index is 1.92. The van der Waals surface area contributed by atoms with E-state index in [1.165, 1.54) is 0 Å². The Bertz CT molecular complexity index is 996. The highest BCUT2D eigenvalue weighted by atomic mass is 35.5. The van der Waals surface area contributed by atoms with Gasteiger partial charge in [-0.25, -0.2) is 14.8 Å². The quantitative estimate of drug-likeness (QED) is 0.630. The molecule has 3 aromatic rings. The number of rotatable bonds is 4. The highest BCUT2D eigenvalue weighted by molar-refractivity contribution is 6.32. The van der Waals surface area contributed by atoms with Gasteiger partial charge in [-0.3, -0.25) is 4.98 Å². The number of carbonyl (C=O) groups excluding carboxylic acids is 1. The second-order valence-electron chi connectivity index (χ2n) is 7.49. The van der Waals surface area contributed by atoms with Gasteiger partial charge in [0.1, 0.15) is 11.3 Å². The van der Waals surface area contributed by atoms with E-state index in [9.17, 15) is 4.79 Å². The van der Waals surface area contributed by atoms with Gasteiger partial charge in [0.2, 0.25) is 0 Å². The van der Waals surface area contributed by atoms with Crippen molar-refractivity contribution in [2.75, 3.05) is 6.54 Å². The van der Waals surface area contributed by atoms with Crippen molar-refractivity contribution in [1.82, 2.24) is 24.3 Å². The number of pyridine rings is 1. The number of imidazole rings is 1. The molecule has 0 aromatic carbocycles. The molecule has 0 bridgehead atoms. The maximum absolute atomic E-state index is 12.6. The maximum Gasteiger partial charge on any atom is 0.410 e. The average Bonchev–Trinajstić information content (AvgIpc) is 3.10. The van der Waals surface area contributed by atoms with Crippen LogP contribution in [-0.2, 0) is 4.74 Å². The van der Waals surface area contributed by atoms with Crippen molar-refractivity contribution < 1.29 is 9.53 Å². The van der Waals surface area contributed by atoms with Crippen molar-refractivity contribution in [3.8, 4) is 11.4 Å². The van der Waals surface area contributed by atoms with Gasteiger partial charge in [-0.15, -0.1) is 0 Å². The Kier molecular flexibility index (Phi) is 5.56. The van der Waals surface area contributed by atoms with Gasteiger partial charge in [0.05, 0.1) is 11.7 Å². The molecular formula is C20H24ClN5O2. The summed E-state index contributed by atoms with van der Waals surface area (Å²) in [6.07, 6.45) is 6.66. The minimum absolute atomic E-state index is 0.186. The lowest BCUT2D eigenvalue weighted by atomic mass is 10.1. The molecule has 0 saturated carbocycles. The predicted molar refractivity (Wildman–Crippen MR) is 108 cm³/mol. The predicted octanol–water partition coefficient (Wildman–Crippen LogP) is 4.76. The van der Waals surface area contributed by atoms with Crippen molar-refractivity contribution in [2.45, 2.75) is 46.3 Å². The maximum atomic E-state index is 12.6. The standard InChI is InChI=1S/C20H24ClN5O2/c1-6-26(19(27)28-20(3,4)5)13(2)14-7-8-22-15(11-14)16-12-25-10-9-23-18(25)17(21)24-16/h7-13H,6H2,1-5H3. The van der Waals surface area contributed by atoms with Crippen LogP contribution in [0.2, 0.25) is 5.15 Å². The van der Waals surface area contributed by atoms with E-state index < -0.39 is 5.60 Å². The van der Waals surface area contributed by atoms with Crippen LogP contribution in [0.5, 0.6) is 0 Å². The Labute approximate surface area is 169 Å². The van der Waals surface area contributed by atoms with Gasteiger partial charge in [0.25, 0.3) is 0 Å². The van der Waals surface area contributed by atoms with Crippen LogP contribution in [0.1, 0.15) is 46.2 Å². The highest BCUT2D eigenvalue weighted by Gasteiger charge is 2.26. The average molecular weight is 402 g/mol. The summed E-state index contributed by atoms with van der Waals surface area (Å²) < 4.78 is 7.34. The van der Waals surface area contributed by atoms with Gasteiger partial charge in [-0.2, -0.15) is 0 Å². The summed E-state index contributed by atoms with van der Waals surface area (Å²) >= 11 is 6.24. The molecule has 0 aliphatic heterocycles. The third kappa shape index (κ3) is 4.25. The Hall–Kier alpha value is -2.67. The number of aromatic nitrogens is 4. The van der Waals surface area contributed by atoms with Gasteiger partial charge >= 0.3 is 6.09 Å². The molecule has 1 atom stereocenters. The van der Waals surface area contributed by atoms with Crippen molar-refractivity contribution in [3.05, 3.63) is 47.6 Å². The van der Waals surface area contributed by atoms with Crippen LogP contribution in [0.15, 0.2) is 36.9 Å². The van der Waals surface area contributed by atoms with E-state index in [0.29, 0.717) is 28.7 Å². The fraction of sp³-hybridized carbons (Fsp3) is 0.400. The van der Waals surface area contributed by atoms with Crippen molar-refractivity contribution in [2.24, 2.45) is 0 Å². The molecule has 0 aliphatic carbocycles. The van der Waals surface area contributed by atoms with E-state index in [4.69, 9.17) is 16.3 Å². The molecule has 1 unspecified atom stereocenters. The van der Waals surface area contributed by atoms with Gasteiger partial charge in [-0.05, 0) is 52.3 Å². The molecule has 3 heterocycles. The Morgan fingerprint density at radius 3 is 2.71 bits per heavy atom. The molecule has 0 radical (unpaired) electrons. The number of amides is 1. The van der Waals surface area contributed by atoms with E-state index in [0.717, 1.165) is 5.56 Å². The smallest absolute Gasteiger partial charge is 0.410 e. The van der Waals surface area contributed by atoms with Crippen LogP contribution in [0.25, 0.3) is 17.0 Å². The zero-order valence-electron chi connectivity index (χ0n) is 16.7. The number of nitrogens with zero attached hydrogens (tertiary/aromatic N) is 5. The lowest BCUT2D eigenvalue weighted by Gasteiger charge is -2.31. The van der Waals surface area contributed by atoms with Crippen molar-refractivity contribution in [3.63, 3.8) is 0 Å². The normalized spacial score (nSPS) is 12.8. The first kappa shape index (κ1) is 20.1. The van der Waals surface area contributed by atoms with Crippen LogP contribution in [0.3, 0.4) is 0 Å². The molecule has 0 N–H and O–H groups in total. The highest BCUT2D eigenvalue weighted by Crippen LogP contribution is 2.26. The minimum atomic E-state index is -0.547. The van der Waals surface area contributed by atoms with E-state index in [1.807, 2.05) is 57.3 Å². The van der Waals surface area contributed by atoms with E-state index in [2.05, 4.69) is 15.0 Å². The molecule has 3 aromatic heterocycles. The molecule has 8 heteroatoms. The Morgan fingerprint density at radius 2 is 2.04 bits per heavy atom. The molecule has 0 aliphatic rings. The topological polar surface area (TPSA) is 72.6 Å². The summed E-state index contributed by atoms with van der Waals surface area (Å²) in [6, 6.07) is 3.62. The lowest BCUT2D eigenvalue weighted by Crippen LogP contribution is -2.38. The van der Waals surface area contributed by atoms with Gasteiger partial charge < -0.3 is 14.0 Å². The summed E-state index contributed by atoms with van der Waals surface area (Å²) in [4.78, 5) is 27.3. The fourth-order valence-corrected chi connectivity index (χ4v) is 3.16. The summed E-state index contributed by atoms with van der Waals surface area (Å²) in [7, 11) is 0. The molecule has 0 saturated heterocycles. The summed E-state index contributed by atoms with van der Waals surface area (Å²) in [6.45, 7) is 9.99. The molecule has 28 heavy (non-hydrogen) atoms. The van der Waals surface area contributed by atoms with E-state index in [-0.39, 0.29) is 12.1 Å². The molecule has 148 valence electrons. The number of hydrogen-bond donors (Lipinski definition) is 0. The first-order valence-electron chi connectivity index (χ1n) is 9.14. The molecule has 0 spiro atoms. The number of ether oxygens (including phenoxy) is 1. The van der Waals surface area contributed by atoms with Gasteiger partial charge in [-0.1, -0.05) is 11.6 Å². The van der Waals surface area contributed by atoms with E-state index >= 15 is 0 Å². The molecule has 3 rings (SSSR count). The number of carbonyl (C=O) groups is 1. The van der Waals surface area contributed by atoms with Crippen LogP contribution >= 0.6 is 11.6 Å². The third-order valence-corrected chi connectivity index (χ3v) is 4.55. The second kappa shape index (κ2) is 7.75. The van der Waals surface area contributed by atoms with Crippen molar-refractivity contribution >= 4 is 23.3 Å². The number of halogens is 1. The number of fused-ring (bicyclic) bond motifs is 1. The van der Waals surface area contributed by atoms with E-state index in [1.54, 1.807) is 23.5 Å². The zero-order chi connectivity index (χ0) is 20.5.